The molecule has 3 aromatic rings. The van der Waals surface area contributed by atoms with Crippen molar-refractivity contribution in [3.05, 3.63) is 106 Å². The second kappa shape index (κ2) is 10.1. The molecule has 1 aliphatic heterocycles. The van der Waals surface area contributed by atoms with E-state index in [1.54, 1.807) is 26.4 Å². The number of hydrogen-bond acceptors (Lipinski definition) is 5. The van der Waals surface area contributed by atoms with Crippen LogP contribution in [-0.2, 0) is 4.79 Å². The SMILES string of the molecule is COc1ccc(OC)c([C@H]2C(=C(O)c3ccc(C)cc3)C(=N)N(c3ccccc3)C3=C2C(=O)CC(C)(C)C3)c1. The number of ketones is 1. The Morgan fingerprint density at radius 3 is 2.31 bits per heavy atom. The largest absolute Gasteiger partial charge is 0.507 e. The number of amidine groups is 1. The predicted octanol–water partition coefficient (Wildman–Crippen LogP) is 7.21. The van der Waals surface area contributed by atoms with Gasteiger partial charge in [0.15, 0.2) is 5.78 Å². The molecule has 6 heteroatoms. The van der Waals surface area contributed by atoms with E-state index in [1.807, 2.05) is 72.5 Å². The highest BCUT2D eigenvalue weighted by Crippen LogP contribution is 2.53. The summed E-state index contributed by atoms with van der Waals surface area (Å²) in [6.07, 6.45) is 0.968. The standard InChI is InChI=1S/C33H34N2O4/c1-20-11-13-21(14-12-20)31(37)30-28(24-17-23(38-4)15-16-27(24)39-5)29-25(18-33(2,3)19-26(29)36)35(32(30)34)22-9-7-6-8-10-22/h6-17,28,34,37H,18-19H2,1-5H3/t28-/m1/s1. The summed E-state index contributed by atoms with van der Waals surface area (Å²) in [5.74, 6) is 0.516. The molecule has 0 aromatic heterocycles. The molecule has 0 saturated heterocycles. The lowest BCUT2D eigenvalue weighted by molar-refractivity contribution is -0.118. The number of methoxy groups -OCH3 is 2. The molecule has 0 spiro atoms. The smallest absolute Gasteiger partial charge is 0.162 e. The lowest BCUT2D eigenvalue weighted by atomic mass is 9.67. The minimum atomic E-state index is -0.720. The quantitative estimate of drug-likeness (QED) is 0.346. The number of aryl methyl sites for hydroxylation is 1. The highest BCUT2D eigenvalue weighted by atomic mass is 16.5. The molecule has 39 heavy (non-hydrogen) atoms. The van der Waals surface area contributed by atoms with Crippen LogP contribution in [0.3, 0.4) is 0 Å². The van der Waals surface area contributed by atoms with Crippen LogP contribution in [0.15, 0.2) is 89.6 Å². The molecule has 3 aromatic carbocycles. The number of hydrogen-bond donors (Lipinski definition) is 2. The van der Waals surface area contributed by atoms with Crippen LogP contribution in [0.2, 0.25) is 0 Å². The summed E-state index contributed by atoms with van der Waals surface area (Å²) in [7, 11) is 3.17. The Bertz CT molecular complexity index is 1500. The number of aliphatic hydroxyl groups is 1. The third-order valence-electron chi connectivity index (χ3n) is 7.56. The zero-order chi connectivity index (χ0) is 27.9. The molecule has 0 bridgehead atoms. The third-order valence-corrected chi connectivity index (χ3v) is 7.56. The monoisotopic (exact) mass is 522 g/mol. The van der Waals surface area contributed by atoms with Gasteiger partial charge in [0.25, 0.3) is 0 Å². The number of rotatable bonds is 5. The molecule has 1 heterocycles. The van der Waals surface area contributed by atoms with E-state index in [0.717, 1.165) is 16.9 Å². The predicted molar refractivity (Wildman–Crippen MR) is 155 cm³/mol. The first-order chi connectivity index (χ1) is 18.6. The maximum absolute atomic E-state index is 14.1. The van der Waals surface area contributed by atoms with Crippen LogP contribution >= 0.6 is 0 Å². The van der Waals surface area contributed by atoms with E-state index in [9.17, 15) is 15.3 Å². The lowest BCUT2D eigenvalue weighted by Gasteiger charge is -2.45. The number of allylic oxidation sites excluding steroid dienone is 2. The van der Waals surface area contributed by atoms with Gasteiger partial charge in [-0.05, 0) is 49.1 Å². The van der Waals surface area contributed by atoms with Gasteiger partial charge in [-0.25, -0.2) is 0 Å². The molecule has 2 aliphatic rings. The van der Waals surface area contributed by atoms with Gasteiger partial charge in [-0.2, -0.15) is 0 Å². The van der Waals surface area contributed by atoms with Gasteiger partial charge in [-0.1, -0.05) is 61.9 Å². The summed E-state index contributed by atoms with van der Waals surface area (Å²) < 4.78 is 11.3. The zero-order valence-corrected chi connectivity index (χ0v) is 23.0. The van der Waals surface area contributed by atoms with E-state index in [0.29, 0.717) is 46.6 Å². The van der Waals surface area contributed by atoms with Gasteiger partial charge in [0.1, 0.15) is 23.1 Å². The minimum Gasteiger partial charge on any atom is -0.507 e. The van der Waals surface area contributed by atoms with E-state index in [-0.39, 0.29) is 22.8 Å². The van der Waals surface area contributed by atoms with Crippen LogP contribution in [0.5, 0.6) is 11.5 Å². The number of anilines is 1. The fourth-order valence-corrected chi connectivity index (χ4v) is 5.72. The zero-order valence-electron chi connectivity index (χ0n) is 23.0. The Kier molecular flexibility index (Phi) is 6.81. The second-order valence-electron chi connectivity index (χ2n) is 11.0. The summed E-state index contributed by atoms with van der Waals surface area (Å²) in [5.41, 5.74) is 4.49. The molecule has 1 aliphatic carbocycles. The molecule has 0 radical (unpaired) electrons. The van der Waals surface area contributed by atoms with Crippen molar-refractivity contribution in [1.82, 2.24) is 0 Å². The van der Waals surface area contributed by atoms with Crippen molar-refractivity contribution >= 4 is 23.1 Å². The molecule has 0 unspecified atom stereocenters. The van der Waals surface area contributed by atoms with Crippen molar-refractivity contribution in [1.29, 1.82) is 5.41 Å². The molecule has 6 nitrogen and oxygen atoms in total. The van der Waals surface area contributed by atoms with Crippen LogP contribution in [0.4, 0.5) is 5.69 Å². The number of benzene rings is 3. The Morgan fingerprint density at radius 1 is 0.974 bits per heavy atom. The number of carbonyl (C=O) groups is 1. The molecule has 1 atom stereocenters. The maximum atomic E-state index is 14.1. The van der Waals surface area contributed by atoms with Gasteiger partial charge in [0, 0.05) is 40.1 Å². The normalized spacial score (nSPS) is 20.0. The number of ether oxygens (including phenoxy) is 2. The first-order valence-electron chi connectivity index (χ1n) is 13.1. The lowest BCUT2D eigenvalue weighted by Crippen LogP contribution is -2.45. The van der Waals surface area contributed by atoms with Gasteiger partial charge >= 0.3 is 0 Å². The van der Waals surface area contributed by atoms with Crippen molar-refractivity contribution in [3.8, 4) is 11.5 Å². The summed E-state index contributed by atoms with van der Waals surface area (Å²) in [5, 5.41) is 21.5. The minimum absolute atomic E-state index is 0.00115. The van der Waals surface area contributed by atoms with Gasteiger partial charge in [0.05, 0.1) is 20.1 Å². The number of Topliss-reactive ketones (excluding diaryl/α,β-unsaturated/α-hetero) is 1. The Balaban J connectivity index is 1.89. The Hall–Kier alpha value is -4.32. The third kappa shape index (κ3) is 4.71. The summed E-state index contributed by atoms with van der Waals surface area (Å²) in [6, 6.07) is 22.6. The number of para-hydroxylation sites is 1. The summed E-state index contributed by atoms with van der Waals surface area (Å²) >= 11 is 0. The topological polar surface area (TPSA) is 82.8 Å². The fourth-order valence-electron chi connectivity index (χ4n) is 5.72. The van der Waals surface area contributed by atoms with E-state index in [1.165, 1.54) is 0 Å². The molecule has 0 saturated carbocycles. The highest BCUT2D eigenvalue weighted by Gasteiger charge is 2.47. The van der Waals surface area contributed by atoms with Crippen LogP contribution in [0.25, 0.3) is 5.76 Å². The van der Waals surface area contributed by atoms with Crippen LogP contribution < -0.4 is 14.4 Å². The van der Waals surface area contributed by atoms with E-state index in [2.05, 4.69) is 13.8 Å². The van der Waals surface area contributed by atoms with Crippen LogP contribution in [0.1, 0.15) is 49.3 Å². The second-order valence-corrected chi connectivity index (χ2v) is 11.0. The molecular weight excluding hydrogens is 488 g/mol. The van der Waals surface area contributed by atoms with Crippen molar-refractivity contribution in [2.24, 2.45) is 5.41 Å². The Labute approximate surface area is 229 Å². The van der Waals surface area contributed by atoms with Gasteiger partial charge in [0.2, 0.25) is 0 Å². The highest BCUT2D eigenvalue weighted by molar-refractivity contribution is 6.19. The average molecular weight is 523 g/mol. The van der Waals surface area contributed by atoms with E-state index >= 15 is 0 Å². The van der Waals surface area contributed by atoms with Gasteiger partial charge in [-0.3, -0.25) is 15.1 Å². The summed E-state index contributed by atoms with van der Waals surface area (Å²) in [4.78, 5) is 15.9. The Morgan fingerprint density at radius 2 is 1.67 bits per heavy atom. The van der Waals surface area contributed by atoms with Crippen LogP contribution in [0, 0.1) is 17.7 Å². The first kappa shape index (κ1) is 26.3. The van der Waals surface area contributed by atoms with Crippen molar-refractivity contribution < 1.29 is 19.4 Å². The molecule has 0 fully saturated rings. The fraction of sp³-hybridized carbons (Fsp3) is 0.273. The van der Waals surface area contributed by atoms with E-state index in [4.69, 9.17) is 9.47 Å². The average Bonchev–Trinajstić information content (AvgIpc) is 2.92. The number of aliphatic hydroxyl groups excluding tert-OH is 1. The molecule has 200 valence electrons. The van der Waals surface area contributed by atoms with Gasteiger partial charge in [-0.15, -0.1) is 0 Å². The first-order valence-corrected chi connectivity index (χ1v) is 13.1. The van der Waals surface area contributed by atoms with Crippen LogP contribution in [-0.4, -0.2) is 30.9 Å². The van der Waals surface area contributed by atoms with Gasteiger partial charge < -0.3 is 14.6 Å². The molecule has 5 rings (SSSR count). The number of carbonyl (C=O) groups excluding carboxylic acids is 1. The van der Waals surface area contributed by atoms with E-state index < -0.39 is 5.92 Å². The molecule has 2 N–H and O–H groups in total. The van der Waals surface area contributed by atoms with Crippen molar-refractivity contribution in [3.63, 3.8) is 0 Å². The summed E-state index contributed by atoms with van der Waals surface area (Å²) in [6.45, 7) is 6.15. The molecule has 0 amide bonds. The van der Waals surface area contributed by atoms with Crippen molar-refractivity contribution in [2.75, 3.05) is 19.1 Å². The number of nitrogens with one attached hydrogen (secondary N) is 1. The number of nitrogens with zero attached hydrogens (tertiary/aromatic N) is 1. The molecular formula is C33H34N2O4. The maximum Gasteiger partial charge on any atom is 0.162 e. The van der Waals surface area contributed by atoms with Crippen molar-refractivity contribution in [2.45, 2.75) is 39.5 Å².